The molecule has 0 fully saturated rings. The highest BCUT2D eigenvalue weighted by atomic mass is 16.5. The van der Waals surface area contributed by atoms with Gasteiger partial charge in [0.15, 0.2) is 0 Å². The second kappa shape index (κ2) is 7.80. The fraction of sp³-hybridized carbons (Fsp3) is 0.562. The first-order chi connectivity index (χ1) is 10.7. The summed E-state index contributed by atoms with van der Waals surface area (Å²) in [6, 6.07) is -0.762. The second-order valence-corrected chi connectivity index (χ2v) is 5.58. The van der Waals surface area contributed by atoms with Crippen molar-refractivity contribution in [2.24, 2.45) is 11.7 Å². The molecule has 0 aliphatic heterocycles. The van der Waals surface area contributed by atoms with E-state index in [0.717, 1.165) is 0 Å². The number of rotatable bonds is 7. The molecular formula is C16H25N3O4. The summed E-state index contributed by atoms with van der Waals surface area (Å²) in [6.07, 6.45) is 0.699. The van der Waals surface area contributed by atoms with E-state index >= 15 is 0 Å². The van der Waals surface area contributed by atoms with Crippen LogP contribution in [0, 0.1) is 19.8 Å². The Labute approximate surface area is 136 Å². The van der Waals surface area contributed by atoms with Crippen LogP contribution in [-0.2, 0) is 9.53 Å². The van der Waals surface area contributed by atoms with Gasteiger partial charge in [0.1, 0.15) is 11.7 Å². The lowest BCUT2D eigenvalue weighted by Crippen LogP contribution is -2.48. The van der Waals surface area contributed by atoms with Crippen LogP contribution in [0.2, 0.25) is 0 Å². The van der Waals surface area contributed by atoms with E-state index in [9.17, 15) is 14.4 Å². The Morgan fingerprint density at radius 2 is 1.87 bits per heavy atom. The summed E-state index contributed by atoms with van der Waals surface area (Å²) >= 11 is 0. The predicted molar refractivity (Wildman–Crippen MR) is 86.1 cm³/mol. The van der Waals surface area contributed by atoms with Crippen LogP contribution in [-0.4, -0.2) is 35.4 Å². The summed E-state index contributed by atoms with van der Waals surface area (Å²) in [6.45, 7) is 9.07. The van der Waals surface area contributed by atoms with Gasteiger partial charge in [-0.3, -0.25) is 9.59 Å². The third-order valence-electron chi connectivity index (χ3n) is 3.95. The quantitative estimate of drug-likeness (QED) is 0.659. The number of hydrogen-bond donors (Lipinski definition) is 3. The summed E-state index contributed by atoms with van der Waals surface area (Å²) < 4.78 is 4.99. The third-order valence-corrected chi connectivity index (χ3v) is 3.95. The Bertz CT molecular complexity index is 607. The summed E-state index contributed by atoms with van der Waals surface area (Å²) in [4.78, 5) is 38.8. The van der Waals surface area contributed by atoms with E-state index in [2.05, 4.69) is 10.3 Å². The fourth-order valence-electron chi connectivity index (χ4n) is 2.43. The molecule has 0 saturated carbocycles. The standard InChI is InChI=1S/C16H25N3O4/c1-6-8(3)12(14(17)20)19-15(21)13-9(4)11(10(5)18-13)16(22)23-7-2/h8,12,18H,6-7H2,1-5H3,(H2,17,20)(H,19,21). The highest BCUT2D eigenvalue weighted by molar-refractivity contribution is 6.01. The van der Waals surface area contributed by atoms with E-state index in [1.54, 1.807) is 20.8 Å². The Morgan fingerprint density at radius 1 is 1.26 bits per heavy atom. The molecule has 7 heteroatoms. The number of aromatic nitrogens is 1. The molecular weight excluding hydrogens is 298 g/mol. The number of ether oxygens (including phenoxy) is 1. The molecule has 0 saturated heterocycles. The number of primary amides is 1. The molecule has 0 aromatic carbocycles. The zero-order valence-corrected chi connectivity index (χ0v) is 14.3. The predicted octanol–water partition coefficient (Wildman–Crippen LogP) is 1.44. The molecule has 1 heterocycles. The molecule has 128 valence electrons. The molecule has 4 N–H and O–H groups in total. The van der Waals surface area contributed by atoms with Gasteiger partial charge in [-0.2, -0.15) is 0 Å². The maximum absolute atomic E-state index is 12.4. The normalized spacial score (nSPS) is 13.3. The molecule has 0 bridgehead atoms. The lowest BCUT2D eigenvalue weighted by molar-refractivity contribution is -0.120. The average Bonchev–Trinajstić information content (AvgIpc) is 2.78. The fourth-order valence-corrected chi connectivity index (χ4v) is 2.43. The summed E-state index contributed by atoms with van der Waals surface area (Å²) in [5.41, 5.74) is 6.98. The number of amides is 2. The van der Waals surface area contributed by atoms with E-state index in [-0.39, 0.29) is 18.2 Å². The van der Waals surface area contributed by atoms with E-state index in [0.29, 0.717) is 23.2 Å². The van der Waals surface area contributed by atoms with Crippen molar-refractivity contribution in [3.05, 3.63) is 22.5 Å². The number of hydrogen-bond acceptors (Lipinski definition) is 4. The van der Waals surface area contributed by atoms with Crippen molar-refractivity contribution in [1.82, 2.24) is 10.3 Å². The first-order valence-corrected chi connectivity index (χ1v) is 7.70. The number of nitrogens with two attached hydrogens (primary N) is 1. The van der Waals surface area contributed by atoms with Gasteiger partial charge in [-0.25, -0.2) is 4.79 Å². The number of aromatic amines is 1. The molecule has 2 atom stereocenters. The van der Waals surface area contributed by atoms with Crippen LogP contribution >= 0.6 is 0 Å². The van der Waals surface area contributed by atoms with Crippen LogP contribution in [0.5, 0.6) is 0 Å². The van der Waals surface area contributed by atoms with Crippen LogP contribution in [0.25, 0.3) is 0 Å². The monoisotopic (exact) mass is 323 g/mol. The molecule has 23 heavy (non-hydrogen) atoms. The molecule has 1 rings (SSSR count). The lowest BCUT2D eigenvalue weighted by Gasteiger charge is -2.21. The Balaban J connectivity index is 3.07. The van der Waals surface area contributed by atoms with Crippen LogP contribution in [0.1, 0.15) is 59.3 Å². The minimum Gasteiger partial charge on any atom is -0.462 e. The van der Waals surface area contributed by atoms with E-state index in [1.807, 2.05) is 13.8 Å². The van der Waals surface area contributed by atoms with E-state index in [1.165, 1.54) is 0 Å². The van der Waals surface area contributed by atoms with Crippen molar-refractivity contribution >= 4 is 17.8 Å². The van der Waals surface area contributed by atoms with Crippen molar-refractivity contribution in [1.29, 1.82) is 0 Å². The maximum atomic E-state index is 12.4. The Kier molecular flexibility index (Phi) is 6.36. The van der Waals surface area contributed by atoms with Gasteiger partial charge in [0.2, 0.25) is 5.91 Å². The maximum Gasteiger partial charge on any atom is 0.340 e. The first-order valence-electron chi connectivity index (χ1n) is 7.70. The van der Waals surface area contributed by atoms with Crippen LogP contribution in [0.15, 0.2) is 0 Å². The van der Waals surface area contributed by atoms with Crippen molar-refractivity contribution < 1.29 is 19.1 Å². The van der Waals surface area contributed by atoms with Crippen molar-refractivity contribution in [2.75, 3.05) is 6.61 Å². The first kappa shape index (κ1) is 18.7. The lowest BCUT2D eigenvalue weighted by atomic mass is 9.98. The highest BCUT2D eigenvalue weighted by Crippen LogP contribution is 2.19. The van der Waals surface area contributed by atoms with Crippen molar-refractivity contribution in [2.45, 2.75) is 47.1 Å². The molecule has 1 aromatic heterocycles. The van der Waals surface area contributed by atoms with Gasteiger partial charge in [0.05, 0.1) is 12.2 Å². The molecule has 0 aliphatic rings. The van der Waals surface area contributed by atoms with Gasteiger partial charge in [-0.1, -0.05) is 20.3 Å². The molecule has 0 radical (unpaired) electrons. The average molecular weight is 323 g/mol. The van der Waals surface area contributed by atoms with Crippen molar-refractivity contribution in [3.63, 3.8) is 0 Å². The number of H-pyrrole nitrogens is 1. The van der Waals surface area contributed by atoms with Gasteiger partial charge in [0, 0.05) is 5.69 Å². The Hall–Kier alpha value is -2.31. The SMILES string of the molecule is CCOC(=O)c1c(C)[nH]c(C(=O)NC(C(N)=O)C(C)CC)c1C. The van der Waals surface area contributed by atoms with Crippen LogP contribution in [0.3, 0.4) is 0 Å². The highest BCUT2D eigenvalue weighted by Gasteiger charge is 2.27. The zero-order valence-electron chi connectivity index (χ0n) is 14.3. The number of nitrogens with one attached hydrogen (secondary N) is 2. The largest absolute Gasteiger partial charge is 0.462 e. The van der Waals surface area contributed by atoms with Gasteiger partial charge >= 0.3 is 5.97 Å². The van der Waals surface area contributed by atoms with Gasteiger partial charge in [-0.05, 0) is 32.3 Å². The van der Waals surface area contributed by atoms with E-state index in [4.69, 9.17) is 10.5 Å². The molecule has 2 amide bonds. The van der Waals surface area contributed by atoms with Gasteiger partial charge in [0.25, 0.3) is 5.91 Å². The second-order valence-electron chi connectivity index (χ2n) is 5.58. The van der Waals surface area contributed by atoms with Gasteiger partial charge in [-0.15, -0.1) is 0 Å². The van der Waals surface area contributed by atoms with E-state index < -0.39 is 23.8 Å². The summed E-state index contributed by atoms with van der Waals surface area (Å²) in [5, 5.41) is 2.64. The minimum atomic E-state index is -0.762. The smallest absolute Gasteiger partial charge is 0.340 e. The molecule has 0 spiro atoms. The topological polar surface area (TPSA) is 114 Å². The molecule has 2 unspecified atom stereocenters. The number of carbonyl (C=O) groups excluding carboxylic acids is 3. The number of esters is 1. The summed E-state index contributed by atoms with van der Waals surface area (Å²) in [7, 11) is 0. The molecule has 0 aliphatic carbocycles. The third kappa shape index (κ3) is 4.12. The molecule has 7 nitrogen and oxygen atoms in total. The minimum absolute atomic E-state index is 0.0858. The van der Waals surface area contributed by atoms with Crippen molar-refractivity contribution in [3.8, 4) is 0 Å². The zero-order chi connectivity index (χ0) is 17.7. The Morgan fingerprint density at radius 3 is 2.35 bits per heavy atom. The van der Waals surface area contributed by atoms with Crippen LogP contribution < -0.4 is 11.1 Å². The number of carbonyl (C=O) groups is 3. The van der Waals surface area contributed by atoms with Gasteiger partial charge < -0.3 is 20.8 Å². The molecule has 1 aromatic rings. The summed E-state index contributed by atoms with van der Waals surface area (Å²) in [5.74, 6) is -1.62. The van der Waals surface area contributed by atoms with Crippen LogP contribution in [0.4, 0.5) is 0 Å². The number of aryl methyl sites for hydroxylation is 1.